The van der Waals surface area contributed by atoms with E-state index in [2.05, 4.69) is 59.7 Å². The fraction of sp³-hybridized carbons (Fsp3) is 0.639. The van der Waals surface area contributed by atoms with Crippen LogP contribution in [0.25, 0.3) is 0 Å². The van der Waals surface area contributed by atoms with Gasteiger partial charge in [0.1, 0.15) is 18.1 Å². The number of ether oxygens (including phenoxy) is 5. The molecule has 2 aromatic carbocycles. The second-order valence-electron chi connectivity index (χ2n) is 13.2. The molecule has 1 unspecified atom stereocenters. The highest BCUT2D eigenvalue weighted by atomic mass is 16.5. The fourth-order valence-corrected chi connectivity index (χ4v) is 7.00. The van der Waals surface area contributed by atoms with Gasteiger partial charge in [0.15, 0.2) is 0 Å². The summed E-state index contributed by atoms with van der Waals surface area (Å²) >= 11 is 0. The molecule has 9 heteroatoms. The normalized spacial score (nSPS) is 22.4. The molecule has 2 fully saturated rings. The van der Waals surface area contributed by atoms with E-state index in [1.807, 2.05) is 12.1 Å². The molecule has 0 aliphatic carbocycles. The SMILES string of the molecule is COCCCN1CCOc2ccc(CO[C@H]3CN[C@H](CCNC(=O)C(C)(C)C4CCOCC4)CC3c3ccc(OC)cc3)cc21. The summed E-state index contributed by atoms with van der Waals surface area (Å²) in [5, 5.41) is 6.98. The topological polar surface area (TPSA) is 90.5 Å². The zero-order valence-corrected chi connectivity index (χ0v) is 27.6. The highest BCUT2D eigenvalue weighted by Gasteiger charge is 2.38. The van der Waals surface area contributed by atoms with Crippen molar-refractivity contribution in [1.29, 1.82) is 0 Å². The molecule has 2 aromatic rings. The van der Waals surface area contributed by atoms with Crippen LogP contribution in [0.1, 0.15) is 63.0 Å². The molecule has 0 spiro atoms. The fourth-order valence-electron chi connectivity index (χ4n) is 7.00. The van der Waals surface area contributed by atoms with Crippen LogP contribution in [0.15, 0.2) is 42.5 Å². The summed E-state index contributed by atoms with van der Waals surface area (Å²) in [5.74, 6) is 2.51. The van der Waals surface area contributed by atoms with E-state index in [0.717, 1.165) is 94.3 Å². The lowest BCUT2D eigenvalue weighted by atomic mass is 9.74. The smallest absolute Gasteiger partial charge is 0.225 e. The number of benzene rings is 2. The van der Waals surface area contributed by atoms with Crippen LogP contribution in [-0.2, 0) is 25.6 Å². The summed E-state index contributed by atoms with van der Waals surface area (Å²) in [6.45, 7) is 10.8. The van der Waals surface area contributed by atoms with Gasteiger partial charge >= 0.3 is 0 Å². The van der Waals surface area contributed by atoms with E-state index in [1.54, 1.807) is 14.2 Å². The van der Waals surface area contributed by atoms with E-state index >= 15 is 0 Å². The van der Waals surface area contributed by atoms with Gasteiger partial charge in [0.05, 0.1) is 32.1 Å². The molecule has 248 valence electrons. The standard InChI is InChI=1S/C36H53N3O6/c1-36(2,28-13-19-43-20-14-28)35(40)37-15-12-29-23-31(27-7-9-30(42-4)10-8-27)34(24-38-29)45-25-26-6-11-33-32(22-26)39(17-21-44-33)16-5-18-41-3/h6-11,22,28-29,31,34,38H,5,12-21,23-25H2,1-4H3,(H,37,40)/t29-,31?,34+/m1/s1. The molecule has 2 N–H and O–H groups in total. The van der Waals surface area contributed by atoms with Gasteiger partial charge in [0, 0.05) is 63.9 Å². The van der Waals surface area contributed by atoms with Gasteiger partial charge in [0.25, 0.3) is 0 Å². The van der Waals surface area contributed by atoms with Gasteiger partial charge < -0.3 is 39.2 Å². The quantitative estimate of drug-likeness (QED) is 0.287. The Hall–Kier alpha value is -2.85. The number of amides is 1. The first-order valence-electron chi connectivity index (χ1n) is 16.7. The van der Waals surface area contributed by atoms with Crippen molar-refractivity contribution in [2.45, 2.75) is 70.6 Å². The molecule has 0 aromatic heterocycles. The van der Waals surface area contributed by atoms with Crippen LogP contribution in [-0.4, -0.2) is 84.9 Å². The summed E-state index contributed by atoms with van der Waals surface area (Å²) in [6.07, 6.45) is 4.69. The average Bonchev–Trinajstić information content (AvgIpc) is 3.08. The van der Waals surface area contributed by atoms with E-state index in [-0.39, 0.29) is 24.0 Å². The number of hydrogen-bond acceptors (Lipinski definition) is 8. The number of piperidine rings is 1. The lowest BCUT2D eigenvalue weighted by Gasteiger charge is -2.38. The molecule has 0 bridgehead atoms. The Bertz CT molecular complexity index is 1220. The van der Waals surface area contributed by atoms with E-state index in [9.17, 15) is 4.79 Å². The third kappa shape index (κ3) is 8.70. The second kappa shape index (κ2) is 16.1. The van der Waals surface area contributed by atoms with E-state index < -0.39 is 5.41 Å². The average molecular weight is 624 g/mol. The van der Waals surface area contributed by atoms with E-state index in [4.69, 9.17) is 23.7 Å². The van der Waals surface area contributed by atoms with Gasteiger partial charge in [-0.2, -0.15) is 0 Å². The van der Waals surface area contributed by atoms with Crippen molar-refractivity contribution in [3.05, 3.63) is 53.6 Å². The molecule has 5 rings (SSSR count). The molecule has 3 heterocycles. The number of carbonyl (C=O) groups excluding carboxylic acids is 1. The zero-order valence-electron chi connectivity index (χ0n) is 27.6. The molecular formula is C36H53N3O6. The molecule has 2 saturated heterocycles. The van der Waals surface area contributed by atoms with Crippen molar-refractivity contribution < 1.29 is 28.5 Å². The predicted octanol–water partition coefficient (Wildman–Crippen LogP) is 4.92. The summed E-state index contributed by atoms with van der Waals surface area (Å²) in [7, 11) is 3.44. The summed E-state index contributed by atoms with van der Waals surface area (Å²) in [5.41, 5.74) is 3.13. The molecule has 45 heavy (non-hydrogen) atoms. The Morgan fingerprint density at radius 3 is 2.64 bits per heavy atom. The minimum absolute atomic E-state index is 0.0155. The Kier molecular flexibility index (Phi) is 12.0. The number of carbonyl (C=O) groups is 1. The van der Waals surface area contributed by atoms with Crippen LogP contribution in [0, 0.1) is 11.3 Å². The summed E-state index contributed by atoms with van der Waals surface area (Å²) < 4.78 is 28.8. The molecule has 0 saturated carbocycles. The summed E-state index contributed by atoms with van der Waals surface area (Å²) in [4.78, 5) is 15.6. The van der Waals surface area contributed by atoms with Gasteiger partial charge in [-0.1, -0.05) is 32.0 Å². The number of nitrogens with one attached hydrogen (secondary N) is 2. The highest BCUT2D eigenvalue weighted by Crippen LogP contribution is 2.36. The molecule has 1 amide bonds. The maximum Gasteiger partial charge on any atom is 0.225 e. The largest absolute Gasteiger partial charge is 0.497 e. The van der Waals surface area contributed by atoms with Crippen molar-refractivity contribution in [3.63, 3.8) is 0 Å². The monoisotopic (exact) mass is 623 g/mol. The third-order valence-electron chi connectivity index (χ3n) is 9.97. The Balaban J connectivity index is 1.20. The highest BCUT2D eigenvalue weighted by molar-refractivity contribution is 5.82. The van der Waals surface area contributed by atoms with Crippen molar-refractivity contribution in [3.8, 4) is 11.5 Å². The number of anilines is 1. The molecule has 3 atom stereocenters. The van der Waals surface area contributed by atoms with Crippen LogP contribution in [0.2, 0.25) is 0 Å². The van der Waals surface area contributed by atoms with Crippen molar-refractivity contribution in [2.75, 3.05) is 71.7 Å². The zero-order chi connectivity index (χ0) is 31.6. The molecule has 9 nitrogen and oxygen atoms in total. The first-order valence-corrected chi connectivity index (χ1v) is 16.7. The van der Waals surface area contributed by atoms with Crippen LogP contribution in [0.3, 0.4) is 0 Å². The Morgan fingerprint density at radius 2 is 1.89 bits per heavy atom. The number of hydrogen-bond donors (Lipinski definition) is 2. The van der Waals surface area contributed by atoms with Crippen molar-refractivity contribution in [2.24, 2.45) is 11.3 Å². The maximum absolute atomic E-state index is 13.2. The van der Waals surface area contributed by atoms with E-state index in [1.165, 1.54) is 5.56 Å². The first kappa shape index (κ1) is 33.5. The van der Waals surface area contributed by atoms with Crippen LogP contribution in [0.5, 0.6) is 11.5 Å². The molecule has 3 aliphatic heterocycles. The predicted molar refractivity (Wildman–Crippen MR) is 176 cm³/mol. The number of rotatable bonds is 14. The second-order valence-corrected chi connectivity index (χ2v) is 13.2. The van der Waals surface area contributed by atoms with Crippen LogP contribution < -0.4 is 25.0 Å². The lowest BCUT2D eigenvalue weighted by Crippen LogP contribution is -2.49. The first-order chi connectivity index (χ1) is 21.9. The minimum Gasteiger partial charge on any atom is -0.497 e. The van der Waals surface area contributed by atoms with Crippen molar-refractivity contribution >= 4 is 11.6 Å². The van der Waals surface area contributed by atoms with Crippen LogP contribution >= 0.6 is 0 Å². The van der Waals surface area contributed by atoms with Gasteiger partial charge in [0.2, 0.25) is 5.91 Å². The molecule has 0 radical (unpaired) electrons. The van der Waals surface area contributed by atoms with Gasteiger partial charge in [-0.3, -0.25) is 4.79 Å². The third-order valence-corrected chi connectivity index (χ3v) is 9.97. The van der Waals surface area contributed by atoms with Gasteiger partial charge in [-0.15, -0.1) is 0 Å². The minimum atomic E-state index is -0.391. The number of methoxy groups -OCH3 is 2. The molecule has 3 aliphatic rings. The maximum atomic E-state index is 13.2. The number of nitrogens with zero attached hydrogens (tertiary/aromatic N) is 1. The Labute approximate surface area is 269 Å². The Morgan fingerprint density at radius 1 is 1.09 bits per heavy atom. The van der Waals surface area contributed by atoms with E-state index in [0.29, 0.717) is 25.7 Å². The number of fused-ring (bicyclic) bond motifs is 1. The van der Waals surface area contributed by atoms with Crippen molar-refractivity contribution in [1.82, 2.24) is 10.6 Å². The van der Waals surface area contributed by atoms with Gasteiger partial charge in [-0.25, -0.2) is 0 Å². The van der Waals surface area contributed by atoms with Crippen LogP contribution in [0.4, 0.5) is 5.69 Å². The molecular weight excluding hydrogens is 570 g/mol. The lowest BCUT2D eigenvalue weighted by molar-refractivity contribution is -0.134. The summed E-state index contributed by atoms with van der Waals surface area (Å²) in [6, 6.07) is 15.1. The van der Waals surface area contributed by atoms with Gasteiger partial charge in [-0.05, 0) is 73.4 Å².